The largest absolute Gasteiger partial charge is 2.00 e. The normalized spacial score (nSPS) is 25.8. The predicted molar refractivity (Wildman–Crippen MR) is 166 cm³/mol. The molecule has 0 bridgehead atoms. The molecule has 224 valence electrons. The summed E-state index contributed by atoms with van der Waals surface area (Å²) in [6.07, 6.45) is 9.01. The summed E-state index contributed by atoms with van der Waals surface area (Å²) < 4.78 is 0. The molecule has 2 fully saturated rings. The van der Waals surface area contributed by atoms with Crippen LogP contribution in [0, 0.1) is 23.7 Å². The van der Waals surface area contributed by atoms with Crippen LogP contribution in [0.1, 0.15) is 109 Å². The molecule has 4 aliphatic rings. The first-order valence-corrected chi connectivity index (χ1v) is 17.2. The number of carboxylic acids is 2. The van der Waals surface area contributed by atoms with Gasteiger partial charge in [-0.25, -0.2) is 0 Å². The third kappa shape index (κ3) is 7.74. The van der Waals surface area contributed by atoms with Gasteiger partial charge in [-0.05, 0) is 72.9 Å². The number of thioether (sulfide) groups is 2. The van der Waals surface area contributed by atoms with Crippen molar-refractivity contribution >= 4 is 84.8 Å². The number of aliphatic carboxylic acids is 2. The Labute approximate surface area is 292 Å². The molecule has 0 N–H and O–H groups in total. The second-order valence-electron chi connectivity index (χ2n) is 12.2. The number of benzene rings is 2. The quantitative estimate of drug-likeness (QED) is 0.432. The van der Waals surface area contributed by atoms with E-state index in [0.29, 0.717) is 11.8 Å². The van der Waals surface area contributed by atoms with Gasteiger partial charge in [0, 0.05) is 68.0 Å². The Morgan fingerprint density at radius 2 is 1.05 bits per heavy atom. The third-order valence-corrected chi connectivity index (χ3v) is 12.1. The van der Waals surface area contributed by atoms with Crippen LogP contribution in [-0.4, -0.2) is 72.7 Å². The monoisotopic (exact) mass is 646 g/mol. The molecule has 0 spiro atoms. The first-order chi connectivity index (χ1) is 20.2. The number of fused-ring (bicyclic) bond motifs is 4. The van der Waals surface area contributed by atoms with Crippen molar-refractivity contribution in [1.82, 2.24) is 0 Å². The molecule has 6 atom stereocenters. The molecule has 2 aliphatic heterocycles. The molecule has 2 heterocycles. The molecule has 2 saturated carbocycles. The van der Waals surface area contributed by atoms with Crippen LogP contribution in [-0.2, 0) is 9.59 Å². The van der Waals surface area contributed by atoms with Gasteiger partial charge in [0.25, 0.3) is 0 Å². The maximum atomic E-state index is 12.7. The number of rotatable bonds is 4. The SMILES string of the molecule is CC(C(=O)[O-])c1ccc2c(c1)SCC1CCCCC1C2=O.CC(C(=O)[O-])c1ccc2c(c1)SCC1CCCCC1C2=O.[Ca+2]. The molecule has 9 heteroatoms. The average molecular weight is 647 g/mol. The van der Waals surface area contributed by atoms with Gasteiger partial charge in [0.2, 0.25) is 0 Å². The van der Waals surface area contributed by atoms with Crippen molar-refractivity contribution in [3.8, 4) is 0 Å². The van der Waals surface area contributed by atoms with Crippen LogP contribution in [0.5, 0.6) is 0 Å². The molecule has 0 saturated heterocycles. The average Bonchev–Trinajstić information content (AvgIpc) is 3.24. The van der Waals surface area contributed by atoms with E-state index in [1.807, 2.05) is 24.3 Å². The van der Waals surface area contributed by atoms with E-state index >= 15 is 0 Å². The van der Waals surface area contributed by atoms with Crippen molar-refractivity contribution < 1.29 is 29.4 Å². The van der Waals surface area contributed by atoms with E-state index in [-0.39, 0.29) is 61.1 Å². The van der Waals surface area contributed by atoms with Crippen LogP contribution < -0.4 is 10.2 Å². The number of carbonyl (C=O) groups excluding carboxylic acids is 4. The standard InChI is InChI=1S/2C17H20O3S.Ca/c2*1-10(17(19)20)11-6-7-14-15(8-11)21-9-12-4-2-3-5-13(12)16(14)18;/h2*6-8,10,12-13H,2-5,9H2,1H3,(H,19,20);/q;;+2/p-2. The Morgan fingerprint density at radius 1 is 0.674 bits per heavy atom. The van der Waals surface area contributed by atoms with E-state index in [0.717, 1.165) is 82.1 Å². The molecule has 6 unspecified atom stereocenters. The zero-order valence-electron chi connectivity index (χ0n) is 25.0. The smallest absolute Gasteiger partial charge is 0.550 e. The first kappa shape index (κ1) is 34.6. The van der Waals surface area contributed by atoms with E-state index in [1.165, 1.54) is 12.8 Å². The summed E-state index contributed by atoms with van der Waals surface area (Å²) in [4.78, 5) is 49.4. The summed E-state index contributed by atoms with van der Waals surface area (Å²) in [6.45, 7) is 3.25. The molecule has 2 aromatic rings. The van der Waals surface area contributed by atoms with Gasteiger partial charge >= 0.3 is 37.7 Å². The molecule has 0 amide bonds. The van der Waals surface area contributed by atoms with E-state index in [1.54, 1.807) is 49.5 Å². The van der Waals surface area contributed by atoms with Crippen LogP contribution in [0.3, 0.4) is 0 Å². The molecule has 2 aliphatic carbocycles. The number of Topliss-reactive ketones (excluding diaryl/α,β-unsaturated/α-hetero) is 2. The molecular formula is C34H38CaO6S2. The van der Waals surface area contributed by atoms with Crippen molar-refractivity contribution in [3.05, 3.63) is 58.7 Å². The van der Waals surface area contributed by atoms with Crippen molar-refractivity contribution in [2.24, 2.45) is 23.7 Å². The number of carboxylic acid groups (broad SMARTS) is 2. The van der Waals surface area contributed by atoms with Crippen molar-refractivity contribution in [1.29, 1.82) is 0 Å². The Balaban J connectivity index is 0.000000192. The minimum Gasteiger partial charge on any atom is -0.550 e. The van der Waals surface area contributed by atoms with Gasteiger partial charge in [-0.1, -0.05) is 51.7 Å². The van der Waals surface area contributed by atoms with Crippen LogP contribution >= 0.6 is 23.5 Å². The second-order valence-corrected chi connectivity index (χ2v) is 14.4. The Hall–Kier alpha value is -1.32. The summed E-state index contributed by atoms with van der Waals surface area (Å²) in [5.41, 5.74) is 3.00. The van der Waals surface area contributed by atoms with Crippen molar-refractivity contribution in [2.45, 2.75) is 86.8 Å². The number of hydrogen-bond acceptors (Lipinski definition) is 8. The van der Waals surface area contributed by atoms with Crippen LogP contribution in [0.4, 0.5) is 0 Å². The van der Waals surface area contributed by atoms with Crippen LogP contribution in [0.2, 0.25) is 0 Å². The summed E-state index contributed by atoms with van der Waals surface area (Å²) in [5, 5.41) is 22.0. The van der Waals surface area contributed by atoms with E-state index in [4.69, 9.17) is 0 Å². The van der Waals surface area contributed by atoms with Crippen LogP contribution in [0.25, 0.3) is 0 Å². The summed E-state index contributed by atoms with van der Waals surface area (Å²) in [6, 6.07) is 10.9. The minimum absolute atomic E-state index is 0. The molecule has 2 aromatic carbocycles. The van der Waals surface area contributed by atoms with Crippen molar-refractivity contribution in [3.63, 3.8) is 0 Å². The van der Waals surface area contributed by atoms with E-state index in [9.17, 15) is 29.4 Å². The van der Waals surface area contributed by atoms with Gasteiger partial charge in [-0.3, -0.25) is 9.59 Å². The fourth-order valence-corrected chi connectivity index (χ4v) is 9.50. The Bertz CT molecular complexity index is 1270. The van der Waals surface area contributed by atoms with Crippen LogP contribution in [0.15, 0.2) is 46.2 Å². The van der Waals surface area contributed by atoms with Gasteiger partial charge in [-0.15, -0.1) is 23.5 Å². The Morgan fingerprint density at radius 3 is 1.42 bits per heavy atom. The Kier molecular flexibility index (Phi) is 12.3. The second kappa shape index (κ2) is 15.3. The maximum absolute atomic E-state index is 12.7. The van der Waals surface area contributed by atoms with Crippen molar-refractivity contribution in [2.75, 3.05) is 11.5 Å². The number of carbonyl (C=O) groups is 4. The molecule has 0 radical (unpaired) electrons. The van der Waals surface area contributed by atoms with Gasteiger partial charge < -0.3 is 19.8 Å². The van der Waals surface area contributed by atoms with E-state index < -0.39 is 23.8 Å². The van der Waals surface area contributed by atoms with Gasteiger partial charge in [-0.2, -0.15) is 0 Å². The fourth-order valence-electron chi connectivity index (χ4n) is 6.83. The number of ketones is 2. The fraction of sp³-hybridized carbons (Fsp3) is 0.529. The van der Waals surface area contributed by atoms with Gasteiger partial charge in [0.15, 0.2) is 11.6 Å². The van der Waals surface area contributed by atoms with Gasteiger partial charge in [0.05, 0.1) is 0 Å². The minimum atomic E-state index is -1.08. The molecular weight excluding hydrogens is 609 g/mol. The van der Waals surface area contributed by atoms with Gasteiger partial charge in [0.1, 0.15) is 0 Å². The molecule has 0 aromatic heterocycles. The summed E-state index contributed by atoms with van der Waals surface area (Å²) in [7, 11) is 0. The molecule has 43 heavy (non-hydrogen) atoms. The predicted octanol–water partition coefficient (Wildman–Crippen LogP) is 4.89. The molecule has 6 rings (SSSR count). The first-order valence-electron chi connectivity index (χ1n) is 15.2. The third-order valence-electron chi connectivity index (χ3n) is 9.65. The zero-order valence-corrected chi connectivity index (χ0v) is 28.8. The maximum Gasteiger partial charge on any atom is 2.00 e. The number of hydrogen-bond donors (Lipinski definition) is 0. The zero-order chi connectivity index (χ0) is 30.0. The summed E-state index contributed by atoms with van der Waals surface area (Å²) in [5.74, 6) is 0.291. The molecule has 6 nitrogen and oxygen atoms in total. The topological polar surface area (TPSA) is 114 Å². The summed E-state index contributed by atoms with van der Waals surface area (Å²) >= 11 is 3.42. The van der Waals surface area contributed by atoms with E-state index in [2.05, 4.69) is 0 Å².